The lowest BCUT2D eigenvalue weighted by Gasteiger charge is -2.46. The molecule has 0 radical (unpaired) electrons. The van der Waals surface area contributed by atoms with Gasteiger partial charge in [0, 0.05) is 12.6 Å². The maximum Gasteiger partial charge on any atom is 0.407 e. The van der Waals surface area contributed by atoms with Gasteiger partial charge in [-0.05, 0) is 43.4 Å². The quantitative estimate of drug-likeness (QED) is 0.457. The fraction of sp³-hybridized carbons (Fsp3) is 0.900. The normalized spacial score (nSPS) is 25.0. The van der Waals surface area contributed by atoms with Crippen molar-refractivity contribution in [2.75, 3.05) is 33.0 Å². The van der Waals surface area contributed by atoms with Crippen molar-refractivity contribution in [3.8, 4) is 0 Å². The number of alkyl carbamates (subject to hydrolysis) is 1. The van der Waals surface area contributed by atoms with E-state index < -0.39 is 12.2 Å². The van der Waals surface area contributed by atoms with Gasteiger partial charge in [0.15, 0.2) is 0 Å². The van der Waals surface area contributed by atoms with Gasteiger partial charge in [0.2, 0.25) is 0 Å². The second-order valence-corrected chi connectivity index (χ2v) is 8.90. The van der Waals surface area contributed by atoms with Gasteiger partial charge in [-0.2, -0.15) is 0 Å². The minimum atomic E-state index is -1.01. The molecular formula is C20H38N2O6. The molecule has 1 aliphatic rings. The third kappa shape index (κ3) is 10.1. The minimum Gasteiger partial charge on any atom is -0.465 e. The Bertz CT molecular complexity index is 499. The summed E-state index contributed by atoms with van der Waals surface area (Å²) in [6.45, 7) is 12.4. The number of rotatable bonds is 11. The Morgan fingerprint density at radius 2 is 1.82 bits per heavy atom. The molecule has 0 aromatic rings. The van der Waals surface area contributed by atoms with E-state index in [0.29, 0.717) is 32.8 Å². The Morgan fingerprint density at radius 3 is 2.46 bits per heavy atom. The highest BCUT2D eigenvalue weighted by molar-refractivity contribution is 5.67. The average molecular weight is 403 g/mol. The number of ether oxygens (including phenoxy) is 3. The van der Waals surface area contributed by atoms with Crippen LogP contribution in [0.2, 0.25) is 0 Å². The number of carbonyl (C=O) groups is 2. The second-order valence-electron chi connectivity index (χ2n) is 8.90. The molecule has 8 nitrogen and oxygen atoms in total. The lowest BCUT2D eigenvalue weighted by atomic mass is 9.62. The Labute approximate surface area is 168 Å². The van der Waals surface area contributed by atoms with Crippen molar-refractivity contribution in [3.63, 3.8) is 0 Å². The van der Waals surface area contributed by atoms with Gasteiger partial charge in [-0.1, -0.05) is 27.7 Å². The van der Waals surface area contributed by atoms with Gasteiger partial charge >= 0.3 is 12.2 Å². The van der Waals surface area contributed by atoms with E-state index >= 15 is 0 Å². The molecule has 28 heavy (non-hydrogen) atoms. The van der Waals surface area contributed by atoms with E-state index in [1.54, 1.807) is 0 Å². The molecule has 2 amide bonds. The van der Waals surface area contributed by atoms with E-state index in [2.05, 4.69) is 38.3 Å². The molecular weight excluding hydrogens is 364 g/mol. The van der Waals surface area contributed by atoms with Crippen molar-refractivity contribution < 1.29 is 28.9 Å². The predicted octanol–water partition coefficient (Wildman–Crippen LogP) is 3.40. The molecule has 164 valence electrons. The smallest absolute Gasteiger partial charge is 0.407 e. The zero-order valence-corrected chi connectivity index (χ0v) is 18.0. The van der Waals surface area contributed by atoms with Crippen molar-refractivity contribution in [3.05, 3.63) is 0 Å². The van der Waals surface area contributed by atoms with Crippen LogP contribution in [0.4, 0.5) is 9.59 Å². The van der Waals surface area contributed by atoms with Crippen LogP contribution in [0.25, 0.3) is 0 Å². The highest BCUT2D eigenvalue weighted by Gasteiger charge is 2.41. The number of hydrogen-bond donors (Lipinski definition) is 3. The number of amides is 2. The van der Waals surface area contributed by atoms with Crippen LogP contribution in [0.3, 0.4) is 0 Å². The minimum absolute atomic E-state index is 0.00309. The van der Waals surface area contributed by atoms with Crippen LogP contribution >= 0.6 is 0 Å². The number of nitrogens with one attached hydrogen (secondary N) is 2. The molecule has 0 aliphatic heterocycles. The largest absolute Gasteiger partial charge is 0.465 e. The summed E-state index contributed by atoms with van der Waals surface area (Å²) in [6.07, 6.45) is 2.07. The molecule has 0 aromatic carbocycles. The van der Waals surface area contributed by atoms with Gasteiger partial charge in [-0.3, -0.25) is 0 Å². The average Bonchev–Trinajstić information content (AvgIpc) is 2.56. The molecule has 0 aromatic heterocycles. The van der Waals surface area contributed by atoms with E-state index in [-0.39, 0.29) is 29.6 Å². The third-order valence-electron chi connectivity index (χ3n) is 5.10. The standard InChI is InChI=1S/C20H38N2O6/c1-6-15(2)27-9-7-26-8-10-28-18(25)21-14-20(5)12-16(22-17(23)24)11-19(3,4)13-20/h15-16,22H,6-14H2,1-5H3,(H,21,25)(H,23,24). The van der Waals surface area contributed by atoms with Gasteiger partial charge in [0.25, 0.3) is 0 Å². The zero-order chi connectivity index (χ0) is 21.2. The van der Waals surface area contributed by atoms with E-state index in [0.717, 1.165) is 19.3 Å². The summed E-state index contributed by atoms with van der Waals surface area (Å²) in [5, 5.41) is 14.4. The molecule has 8 heteroatoms. The molecule has 0 saturated heterocycles. The second kappa shape index (κ2) is 11.5. The predicted molar refractivity (Wildman–Crippen MR) is 107 cm³/mol. The van der Waals surface area contributed by atoms with Gasteiger partial charge in [-0.15, -0.1) is 0 Å². The van der Waals surface area contributed by atoms with Crippen molar-refractivity contribution in [2.45, 2.75) is 72.4 Å². The van der Waals surface area contributed by atoms with Crippen molar-refractivity contribution >= 4 is 12.2 Å². The number of carboxylic acid groups (broad SMARTS) is 1. The molecule has 1 rings (SSSR count). The highest BCUT2D eigenvalue weighted by Crippen LogP contribution is 2.45. The summed E-state index contributed by atoms with van der Waals surface area (Å²) < 4.78 is 16.0. The van der Waals surface area contributed by atoms with Crippen LogP contribution in [-0.2, 0) is 14.2 Å². The Balaban J connectivity index is 2.26. The molecule has 0 spiro atoms. The van der Waals surface area contributed by atoms with Crippen LogP contribution in [0.5, 0.6) is 0 Å². The Morgan fingerprint density at radius 1 is 1.14 bits per heavy atom. The summed E-state index contributed by atoms with van der Waals surface area (Å²) in [4.78, 5) is 22.9. The first-order valence-corrected chi connectivity index (χ1v) is 10.1. The van der Waals surface area contributed by atoms with Crippen molar-refractivity contribution in [1.82, 2.24) is 10.6 Å². The Hall–Kier alpha value is -1.54. The van der Waals surface area contributed by atoms with Crippen LogP contribution in [-0.4, -0.2) is 62.4 Å². The fourth-order valence-electron chi connectivity index (χ4n) is 4.10. The lowest BCUT2D eigenvalue weighted by Crippen LogP contribution is -2.50. The van der Waals surface area contributed by atoms with E-state index in [9.17, 15) is 9.59 Å². The van der Waals surface area contributed by atoms with Crippen LogP contribution < -0.4 is 10.6 Å². The summed E-state index contributed by atoms with van der Waals surface area (Å²) in [5.74, 6) is 0. The maximum absolute atomic E-state index is 11.9. The molecule has 0 heterocycles. The topological polar surface area (TPSA) is 106 Å². The van der Waals surface area contributed by atoms with Gasteiger partial charge in [-0.25, -0.2) is 9.59 Å². The van der Waals surface area contributed by atoms with E-state index in [4.69, 9.17) is 19.3 Å². The molecule has 3 unspecified atom stereocenters. The molecule has 3 atom stereocenters. The zero-order valence-electron chi connectivity index (χ0n) is 18.0. The highest BCUT2D eigenvalue weighted by atomic mass is 16.6. The van der Waals surface area contributed by atoms with Crippen LogP contribution in [0, 0.1) is 10.8 Å². The van der Waals surface area contributed by atoms with Crippen molar-refractivity contribution in [1.29, 1.82) is 0 Å². The number of hydrogen-bond acceptors (Lipinski definition) is 5. The van der Waals surface area contributed by atoms with Crippen LogP contribution in [0.15, 0.2) is 0 Å². The van der Waals surface area contributed by atoms with Crippen LogP contribution in [0.1, 0.15) is 60.3 Å². The summed E-state index contributed by atoms with van der Waals surface area (Å²) in [5.41, 5.74) is -0.200. The summed E-state index contributed by atoms with van der Waals surface area (Å²) in [7, 11) is 0. The SMILES string of the molecule is CCC(C)OCCOCCOC(=O)NCC1(C)CC(NC(=O)O)CC(C)(C)C1. The van der Waals surface area contributed by atoms with Gasteiger partial charge < -0.3 is 30.0 Å². The molecule has 1 aliphatic carbocycles. The van der Waals surface area contributed by atoms with Gasteiger partial charge in [0.1, 0.15) is 6.61 Å². The molecule has 0 bridgehead atoms. The molecule has 1 fully saturated rings. The first-order chi connectivity index (χ1) is 13.1. The van der Waals surface area contributed by atoms with E-state index in [1.165, 1.54) is 0 Å². The molecule has 3 N–H and O–H groups in total. The molecule has 1 saturated carbocycles. The monoisotopic (exact) mass is 402 g/mol. The number of carbonyl (C=O) groups excluding carboxylic acids is 1. The Kier molecular flexibility index (Phi) is 10.0. The van der Waals surface area contributed by atoms with Crippen molar-refractivity contribution in [2.24, 2.45) is 10.8 Å². The van der Waals surface area contributed by atoms with Gasteiger partial charge in [0.05, 0.1) is 25.9 Å². The third-order valence-corrected chi connectivity index (χ3v) is 5.10. The maximum atomic E-state index is 11.9. The summed E-state index contributed by atoms with van der Waals surface area (Å²) >= 11 is 0. The first kappa shape index (κ1) is 24.5. The first-order valence-electron chi connectivity index (χ1n) is 10.1. The fourth-order valence-corrected chi connectivity index (χ4v) is 4.10. The summed E-state index contributed by atoms with van der Waals surface area (Å²) in [6, 6.07) is -0.116. The lowest BCUT2D eigenvalue weighted by molar-refractivity contribution is 0.000555. The van der Waals surface area contributed by atoms with E-state index in [1.807, 2.05) is 6.92 Å².